The van der Waals surface area contributed by atoms with Gasteiger partial charge in [0.25, 0.3) is 5.69 Å². The number of rotatable bonds is 7. The summed E-state index contributed by atoms with van der Waals surface area (Å²) in [5.74, 6) is 0.323. The molecule has 0 spiro atoms. The van der Waals surface area contributed by atoms with Crippen LogP contribution in [0.1, 0.15) is 18.6 Å². The van der Waals surface area contributed by atoms with Crippen molar-refractivity contribution in [3.63, 3.8) is 0 Å². The lowest BCUT2D eigenvalue weighted by Crippen LogP contribution is -2.43. The molecule has 2 heterocycles. The molecule has 1 aliphatic heterocycles. The number of sulfonamides is 1. The lowest BCUT2D eigenvalue weighted by atomic mass is 9.97. The highest BCUT2D eigenvalue weighted by Crippen LogP contribution is 2.32. The Morgan fingerprint density at radius 2 is 2.07 bits per heavy atom. The van der Waals surface area contributed by atoms with Gasteiger partial charge in [-0.2, -0.15) is 4.31 Å². The van der Waals surface area contributed by atoms with Gasteiger partial charge in [-0.1, -0.05) is 0 Å². The summed E-state index contributed by atoms with van der Waals surface area (Å²) in [6.07, 6.45) is 2.17. The molecule has 1 N–H and O–H groups in total. The third-order valence-corrected chi connectivity index (χ3v) is 6.77. The minimum absolute atomic E-state index is 0.102. The van der Waals surface area contributed by atoms with E-state index in [1.54, 1.807) is 12.1 Å². The van der Waals surface area contributed by atoms with Crippen LogP contribution in [0.25, 0.3) is 0 Å². The minimum atomic E-state index is -4.07. The lowest BCUT2D eigenvalue weighted by molar-refractivity contribution is -0.387. The zero-order chi connectivity index (χ0) is 21.0. The number of carbonyl (C=O) groups excluding carboxylic acids is 1. The minimum Gasteiger partial charge on any atom is -0.497 e. The molecule has 2 aromatic rings. The molecule has 11 heteroatoms. The number of nitrogens with one attached hydrogen (secondary N) is 1. The number of methoxy groups -OCH3 is 1. The summed E-state index contributed by atoms with van der Waals surface area (Å²) in [7, 11) is -2.73. The summed E-state index contributed by atoms with van der Waals surface area (Å²) in [6.45, 7) is 0.469. The summed E-state index contributed by atoms with van der Waals surface area (Å²) < 4.78 is 37.2. The average molecular weight is 423 g/mol. The monoisotopic (exact) mass is 423 g/mol. The number of nitro benzene ring substituents is 1. The fraction of sp³-hybridized carbons (Fsp3) is 0.389. The van der Waals surface area contributed by atoms with Crippen LogP contribution < -0.4 is 10.1 Å². The number of hydrogen-bond acceptors (Lipinski definition) is 7. The number of hydrogen-bond donors (Lipinski definition) is 1. The smallest absolute Gasteiger partial charge is 0.293 e. The quantitative estimate of drug-likeness (QED) is 0.531. The van der Waals surface area contributed by atoms with E-state index in [1.807, 2.05) is 0 Å². The predicted octanol–water partition coefficient (Wildman–Crippen LogP) is 1.91. The Hall–Kier alpha value is -2.92. The van der Waals surface area contributed by atoms with Crippen molar-refractivity contribution in [2.75, 3.05) is 20.2 Å². The van der Waals surface area contributed by atoms with Crippen molar-refractivity contribution in [2.45, 2.75) is 24.3 Å². The van der Waals surface area contributed by atoms with E-state index in [2.05, 4.69) is 5.32 Å². The first kappa shape index (κ1) is 20.8. The van der Waals surface area contributed by atoms with Gasteiger partial charge in [0.15, 0.2) is 4.90 Å². The fourth-order valence-corrected chi connectivity index (χ4v) is 4.82. The van der Waals surface area contributed by atoms with Gasteiger partial charge in [0.1, 0.15) is 11.5 Å². The van der Waals surface area contributed by atoms with Gasteiger partial charge < -0.3 is 14.5 Å². The van der Waals surface area contributed by atoms with Crippen molar-refractivity contribution >= 4 is 21.6 Å². The van der Waals surface area contributed by atoms with E-state index in [0.717, 1.165) is 6.07 Å². The second-order valence-corrected chi connectivity index (χ2v) is 8.47. The van der Waals surface area contributed by atoms with E-state index >= 15 is 0 Å². The van der Waals surface area contributed by atoms with Gasteiger partial charge in [0.2, 0.25) is 15.9 Å². The van der Waals surface area contributed by atoms with E-state index in [-0.39, 0.29) is 42.1 Å². The first-order chi connectivity index (χ1) is 13.8. The maximum atomic E-state index is 12.9. The number of nitro groups is 1. The molecule has 1 aromatic heterocycles. The number of ether oxygens (including phenoxy) is 1. The molecule has 0 radical (unpaired) electrons. The van der Waals surface area contributed by atoms with Crippen LogP contribution in [0.3, 0.4) is 0 Å². The molecule has 1 aromatic carbocycles. The molecular formula is C18H21N3O7S. The zero-order valence-corrected chi connectivity index (χ0v) is 16.6. The van der Waals surface area contributed by atoms with Crippen LogP contribution in [0.15, 0.2) is 45.9 Å². The number of nitrogens with zero attached hydrogens (tertiary/aromatic N) is 2. The molecule has 156 valence electrons. The number of amides is 1. The molecule has 1 amide bonds. The molecule has 0 unspecified atom stereocenters. The second-order valence-electron chi connectivity index (χ2n) is 6.57. The van der Waals surface area contributed by atoms with Gasteiger partial charge in [-0.25, -0.2) is 8.42 Å². The van der Waals surface area contributed by atoms with Crippen LogP contribution in [0.4, 0.5) is 5.69 Å². The van der Waals surface area contributed by atoms with E-state index in [4.69, 9.17) is 9.15 Å². The maximum Gasteiger partial charge on any atom is 0.293 e. The summed E-state index contributed by atoms with van der Waals surface area (Å²) in [5.41, 5.74) is -0.539. The molecule has 1 saturated heterocycles. The molecular weight excluding hydrogens is 402 g/mol. The van der Waals surface area contributed by atoms with Crippen LogP contribution in [0, 0.1) is 16.0 Å². The fourth-order valence-electron chi connectivity index (χ4n) is 3.21. The Morgan fingerprint density at radius 1 is 1.34 bits per heavy atom. The number of benzene rings is 1. The summed E-state index contributed by atoms with van der Waals surface area (Å²) in [5, 5.41) is 14.1. The topological polar surface area (TPSA) is 132 Å². The van der Waals surface area contributed by atoms with Crippen LogP contribution >= 0.6 is 0 Å². The van der Waals surface area contributed by atoms with E-state index < -0.39 is 20.6 Å². The first-order valence-corrected chi connectivity index (χ1v) is 10.4. The molecule has 1 aliphatic rings. The third kappa shape index (κ3) is 4.57. The highest BCUT2D eigenvalue weighted by Gasteiger charge is 2.36. The molecule has 0 saturated carbocycles. The molecule has 3 rings (SSSR count). The predicted molar refractivity (Wildman–Crippen MR) is 102 cm³/mol. The Balaban J connectivity index is 1.67. The van der Waals surface area contributed by atoms with Crippen LogP contribution in [0.2, 0.25) is 0 Å². The summed E-state index contributed by atoms with van der Waals surface area (Å²) in [6, 6.07) is 7.10. The van der Waals surface area contributed by atoms with Gasteiger partial charge in [0, 0.05) is 19.0 Å². The molecule has 0 aliphatic carbocycles. The highest BCUT2D eigenvalue weighted by molar-refractivity contribution is 7.89. The highest BCUT2D eigenvalue weighted by atomic mass is 32.2. The van der Waals surface area contributed by atoms with E-state index in [1.165, 1.54) is 29.8 Å². The Bertz CT molecular complexity index is 981. The number of piperidine rings is 1. The van der Waals surface area contributed by atoms with Crippen LogP contribution in [-0.2, 0) is 21.4 Å². The van der Waals surface area contributed by atoms with Crippen molar-refractivity contribution < 1.29 is 27.3 Å². The SMILES string of the molecule is COc1ccc(S(=O)(=O)N2CCC(C(=O)NCc3ccco3)CC2)c([N+](=O)[O-])c1. The molecule has 10 nitrogen and oxygen atoms in total. The van der Waals surface area contributed by atoms with Gasteiger partial charge >= 0.3 is 0 Å². The number of carbonyl (C=O) groups is 1. The third-order valence-electron chi connectivity index (χ3n) is 4.82. The van der Waals surface area contributed by atoms with Crippen molar-refractivity contribution in [3.05, 3.63) is 52.5 Å². The number of furan rings is 1. The van der Waals surface area contributed by atoms with Crippen molar-refractivity contribution in [1.29, 1.82) is 0 Å². The van der Waals surface area contributed by atoms with Crippen LogP contribution in [0.5, 0.6) is 5.75 Å². The maximum absolute atomic E-state index is 12.9. The molecule has 29 heavy (non-hydrogen) atoms. The standard InChI is InChI=1S/C18H21N3O7S/c1-27-14-4-5-17(16(11-14)21(23)24)29(25,26)20-8-6-13(7-9-20)18(22)19-12-15-3-2-10-28-15/h2-5,10-11,13H,6-9,12H2,1H3,(H,19,22). The summed E-state index contributed by atoms with van der Waals surface area (Å²) >= 11 is 0. The average Bonchev–Trinajstić information content (AvgIpc) is 3.25. The van der Waals surface area contributed by atoms with Gasteiger partial charge in [0.05, 0.1) is 30.9 Å². The normalized spacial score (nSPS) is 15.8. The Morgan fingerprint density at radius 3 is 2.66 bits per heavy atom. The molecule has 0 bridgehead atoms. The zero-order valence-electron chi connectivity index (χ0n) is 15.7. The van der Waals surface area contributed by atoms with Crippen molar-refractivity contribution in [3.8, 4) is 5.75 Å². The lowest BCUT2D eigenvalue weighted by Gasteiger charge is -2.30. The van der Waals surface area contributed by atoms with Crippen LogP contribution in [-0.4, -0.2) is 43.8 Å². The van der Waals surface area contributed by atoms with Gasteiger partial charge in [-0.05, 0) is 37.1 Å². The van der Waals surface area contributed by atoms with Crippen molar-refractivity contribution in [2.24, 2.45) is 5.92 Å². The summed E-state index contributed by atoms with van der Waals surface area (Å²) in [4.78, 5) is 22.5. The first-order valence-electron chi connectivity index (χ1n) is 8.95. The van der Waals surface area contributed by atoms with Gasteiger partial charge in [-0.15, -0.1) is 0 Å². The Labute approximate surface area is 167 Å². The Kier molecular flexibility index (Phi) is 6.18. The van der Waals surface area contributed by atoms with E-state index in [0.29, 0.717) is 18.6 Å². The largest absolute Gasteiger partial charge is 0.497 e. The second kappa shape index (κ2) is 8.62. The molecule has 1 fully saturated rings. The van der Waals surface area contributed by atoms with E-state index in [9.17, 15) is 23.3 Å². The molecule has 0 atom stereocenters. The van der Waals surface area contributed by atoms with Gasteiger partial charge in [-0.3, -0.25) is 14.9 Å². The van der Waals surface area contributed by atoms with Crippen molar-refractivity contribution in [1.82, 2.24) is 9.62 Å².